The molecule has 2 aromatic rings. The molecule has 10 nitrogen and oxygen atoms in total. The van der Waals surface area contributed by atoms with E-state index in [0.717, 1.165) is 6.33 Å². The normalized spacial score (nSPS) is 10.3. The smallest absolute Gasteiger partial charge is 0.352 e. The van der Waals surface area contributed by atoms with Gasteiger partial charge in [0.05, 0.1) is 11.5 Å². The van der Waals surface area contributed by atoms with Crippen molar-refractivity contribution in [3.8, 4) is 0 Å². The summed E-state index contributed by atoms with van der Waals surface area (Å²) in [6.07, 6.45) is 1.13. The highest BCUT2D eigenvalue weighted by Crippen LogP contribution is 2.26. The first-order chi connectivity index (χ1) is 8.58. The van der Waals surface area contributed by atoms with Gasteiger partial charge in [-0.1, -0.05) is 5.16 Å². The Morgan fingerprint density at radius 3 is 2.94 bits per heavy atom. The maximum Gasteiger partial charge on any atom is 0.352 e. The van der Waals surface area contributed by atoms with Crippen molar-refractivity contribution < 1.29 is 9.45 Å². The average molecular weight is 251 g/mol. The van der Waals surface area contributed by atoms with E-state index in [4.69, 9.17) is 10.3 Å². The van der Waals surface area contributed by atoms with Gasteiger partial charge in [-0.15, -0.1) is 0 Å². The Labute approximate surface area is 100 Å². The molecule has 10 heteroatoms. The van der Waals surface area contributed by atoms with Crippen molar-refractivity contribution in [2.24, 2.45) is 0 Å². The van der Waals surface area contributed by atoms with Gasteiger partial charge in [-0.05, 0) is 0 Å². The number of nitrogen functional groups attached to an aromatic ring is 1. The molecule has 0 unspecified atom stereocenters. The molecule has 0 saturated heterocycles. The van der Waals surface area contributed by atoms with Crippen LogP contribution in [0.1, 0.15) is 11.7 Å². The van der Waals surface area contributed by atoms with E-state index < -0.39 is 4.92 Å². The molecule has 0 aliphatic carbocycles. The average Bonchev–Trinajstić information content (AvgIpc) is 2.72. The summed E-state index contributed by atoms with van der Waals surface area (Å²) in [6, 6.07) is 0. The molecule has 0 radical (unpaired) electrons. The van der Waals surface area contributed by atoms with Gasteiger partial charge in [0.15, 0.2) is 5.82 Å². The number of anilines is 2. The number of aromatic nitrogens is 4. The molecule has 0 aromatic carbocycles. The van der Waals surface area contributed by atoms with Crippen molar-refractivity contribution in [2.75, 3.05) is 11.1 Å². The molecule has 0 bridgehead atoms. The maximum atomic E-state index is 10.8. The zero-order valence-corrected chi connectivity index (χ0v) is 9.32. The summed E-state index contributed by atoms with van der Waals surface area (Å²) in [5.41, 5.74) is 5.04. The highest BCUT2D eigenvalue weighted by molar-refractivity contribution is 5.67. The van der Waals surface area contributed by atoms with E-state index in [1.54, 1.807) is 6.92 Å². The number of aryl methyl sites for hydroxylation is 1. The van der Waals surface area contributed by atoms with E-state index in [1.165, 1.54) is 0 Å². The lowest BCUT2D eigenvalue weighted by atomic mass is 10.4. The van der Waals surface area contributed by atoms with Crippen LogP contribution in [0.25, 0.3) is 0 Å². The molecule has 94 valence electrons. The van der Waals surface area contributed by atoms with E-state index >= 15 is 0 Å². The first-order valence-corrected chi connectivity index (χ1v) is 4.86. The third-order valence-electron chi connectivity index (χ3n) is 2.02. The van der Waals surface area contributed by atoms with Crippen LogP contribution in [-0.4, -0.2) is 25.0 Å². The number of nitrogens with zero attached hydrogens (tertiary/aromatic N) is 5. The lowest BCUT2D eigenvalue weighted by Gasteiger charge is -2.04. The van der Waals surface area contributed by atoms with Gasteiger partial charge in [-0.2, -0.15) is 4.98 Å². The molecule has 0 amide bonds. The number of nitrogens with one attached hydrogen (secondary N) is 1. The number of nitro groups is 1. The fourth-order valence-corrected chi connectivity index (χ4v) is 1.28. The molecular weight excluding hydrogens is 242 g/mol. The molecule has 0 aliphatic heterocycles. The van der Waals surface area contributed by atoms with Gasteiger partial charge < -0.3 is 15.6 Å². The van der Waals surface area contributed by atoms with Gasteiger partial charge in [-0.3, -0.25) is 10.1 Å². The maximum absolute atomic E-state index is 10.8. The summed E-state index contributed by atoms with van der Waals surface area (Å²) >= 11 is 0. The molecule has 0 saturated carbocycles. The largest absolute Gasteiger partial charge is 0.378 e. The topological polar surface area (TPSA) is 146 Å². The van der Waals surface area contributed by atoms with Crippen LogP contribution < -0.4 is 11.1 Å². The van der Waals surface area contributed by atoms with Gasteiger partial charge in [-0.25, -0.2) is 9.97 Å². The molecule has 0 spiro atoms. The number of hydrogen-bond donors (Lipinski definition) is 2. The SMILES string of the molecule is Cc1nc(CNc2ncnc(N)c2[N+](=O)[O-])no1. The Morgan fingerprint density at radius 1 is 1.56 bits per heavy atom. The second-order valence-electron chi connectivity index (χ2n) is 3.30. The van der Waals surface area contributed by atoms with E-state index in [1.807, 2.05) is 0 Å². The van der Waals surface area contributed by atoms with Crippen LogP contribution in [0, 0.1) is 17.0 Å². The molecule has 2 heterocycles. The standard InChI is InChI=1S/C8H9N7O3/c1-4-13-5(14-18-4)2-10-8-6(15(16)17)7(9)11-3-12-8/h3H,2H2,1H3,(H3,9,10,11,12). The molecule has 0 fully saturated rings. The predicted octanol–water partition coefficient (Wildman–Crippen LogP) is 0.271. The highest BCUT2D eigenvalue weighted by Gasteiger charge is 2.20. The highest BCUT2D eigenvalue weighted by atomic mass is 16.6. The van der Waals surface area contributed by atoms with Gasteiger partial charge in [0, 0.05) is 6.92 Å². The van der Waals surface area contributed by atoms with Crippen molar-refractivity contribution in [2.45, 2.75) is 13.5 Å². The Morgan fingerprint density at radius 2 is 2.33 bits per heavy atom. The van der Waals surface area contributed by atoms with Crippen molar-refractivity contribution in [1.29, 1.82) is 0 Å². The summed E-state index contributed by atoms with van der Waals surface area (Å²) < 4.78 is 4.76. The molecule has 18 heavy (non-hydrogen) atoms. The van der Waals surface area contributed by atoms with Crippen LogP contribution in [0.4, 0.5) is 17.3 Å². The van der Waals surface area contributed by atoms with Crippen LogP contribution in [0.2, 0.25) is 0 Å². The van der Waals surface area contributed by atoms with E-state index in [2.05, 4.69) is 25.4 Å². The van der Waals surface area contributed by atoms with Crippen molar-refractivity contribution in [3.05, 3.63) is 28.2 Å². The number of nitrogens with two attached hydrogens (primary N) is 1. The zero-order valence-electron chi connectivity index (χ0n) is 9.32. The predicted molar refractivity (Wildman–Crippen MR) is 59.5 cm³/mol. The first-order valence-electron chi connectivity index (χ1n) is 4.86. The lowest BCUT2D eigenvalue weighted by molar-refractivity contribution is -0.383. The minimum absolute atomic E-state index is 0.00922. The van der Waals surface area contributed by atoms with Crippen molar-refractivity contribution >= 4 is 17.3 Å². The van der Waals surface area contributed by atoms with Crippen LogP contribution in [-0.2, 0) is 6.54 Å². The molecule has 2 aromatic heterocycles. The van der Waals surface area contributed by atoms with Crippen LogP contribution >= 0.6 is 0 Å². The fraction of sp³-hybridized carbons (Fsp3) is 0.250. The second-order valence-corrected chi connectivity index (χ2v) is 3.30. The van der Waals surface area contributed by atoms with Crippen LogP contribution in [0.3, 0.4) is 0 Å². The fourth-order valence-electron chi connectivity index (χ4n) is 1.28. The summed E-state index contributed by atoms with van der Waals surface area (Å²) in [5.74, 6) is 0.569. The first kappa shape index (κ1) is 11.7. The third kappa shape index (κ3) is 2.31. The van der Waals surface area contributed by atoms with Gasteiger partial charge in [0.25, 0.3) is 0 Å². The summed E-state index contributed by atoms with van der Waals surface area (Å²) in [6.45, 7) is 1.77. The van der Waals surface area contributed by atoms with Crippen molar-refractivity contribution in [3.63, 3.8) is 0 Å². The number of rotatable bonds is 4. The monoisotopic (exact) mass is 251 g/mol. The Bertz CT molecular complexity index is 582. The molecule has 0 aliphatic rings. The van der Waals surface area contributed by atoms with E-state index in [9.17, 15) is 10.1 Å². The zero-order chi connectivity index (χ0) is 13.1. The van der Waals surface area contributed by atoms with Crippen molar-refractivity contribution in [1.82, 2.24) is 20.1 Å². The van der Waals surface area contributed by atoms with E-state index in [-0.39, 0.29) is 23.9 Å². The molecule has 3 N–H and O–H groups in total. The summed E-state index contributed by atoms with van der Waals surface area (Å²) in [4.78, 5) is 21.4. The third-order valence-corrected chi connectivity index (χ3v) is 2.02. The quantitative estimate of drug-likeness (QED) is 0.577. The minimum atomic E-state index is -0.654. The van der Waals surface area contributed by atoms with Gasteiger partial charge in [0.1, 0.15) is 6.33 Å². The minimum Gasteiger partial charge on any atom is -0.378 e. The molecule has 0 atom stereocenters. The summed E-state index contributed by atoms with van der Waals surface area (Å²) in [5, 5.41) is 17.2. The molecule has 2 rings (SSSR count). The Hall–Kier alpha value is -2.78. The second kappa shape index (κ2) is 4.61. The Balaban J connectivity index is 2.19. The Kier molecular flexibility index (Phi) is 3.00. The lowest BCUT2D eigenvalue weighted by Crippen LogP contribution is -2.08. The van der Waals surface area contributed by atoms with E-state index in [0.29, 0.717) is 11.7 Å². The van der Waals surface area contributed by atoms with Gasteiger partial charge >= 0.3 is 5.69 Å². The van der Waals surface area contributed by atoms with Crippen LogP contribution in [0.5, 0.6) is 0 Å². The van der Waals surface area contributed by atoms with Crippen LogP contribution in [0.15, 0.2) is 10.9 Å². The van der Waals surface area contributed by atoms with Gasteiger partial charge in [0.2, 0.25) is 17.5 Å². The number of hydrogen-bond acceptors (Lipinski definition) is 9. The summed E-state index contributed by atoms with van der Waals surface area (Å²) in [7, 11) is 0. The molecular formula is C8H9N7O3.